The summed E-state index contributed by atoms with van der Waals surface area (Å²) < 4.78 is 9.45. The summed E-state index contributed by atoms with van der Waals surface area (Å²) in [7, 11) is 1.69. The molecule has 0 spiro atoms. The molecule has 0 aliphatic carbocycles. The number of halogens is 2. The molecule has 2 aromatic rings. The Hall–Kier alpha value is -2.31. The third-order valence-electron chi connectivity index (χ3n) is 6.88. The number of rotatable bonds is 8. The lowest BCUT2D eigenvalue weighted by Gasteiger charge is -2.35. The number of aromatic nitrogens is 2. The van der Waals surface area contributed by atoms with E-state index in [1.54, 1.807) is 37.1 Å². The van der Waals surface area contributed by atoms with Crippen LogP contribution in [0.2, 0.25) is 10.0 Å². The Morgan fingerprint density at radius 1 is 1.16 bits per heavy atom. The summed E-state index contributed by atoms with van der Waals surface area (Å²) in [4.78, 5) is 41.5. The van der Waals surface area contributed by atoms with Gasteiger partial charge in [0.2, 0.25) is 17.7 Å². The van der Waals surface area contributed by atoms with E-state index in [9.17, 15) is 14.4 Å². The van der Waals surface area contributed by atoms with Crippen molar-refractivity contribution in [1.29, 1.82) is 0 Å². The normalized spacial score (nSPS) is 19.9. The number of hydrogen-bond donors (Lipinski definition) is 3. The molecule has 2 fully saturated rings. The monoisotopic (exact) mass is 568 g/mol. The van der Waals surface area contributed by atoms with Crippen LogP contribution >= 0.6 is 34.7 Å². The predicted octanol–water partition coefficient (Wildman–Crippen LogP) is 2.96. The van der Waals surface area contributed by atoms with E-state index in [1.165, 1.54) is 0 Å². The van der Waals surface area contributed by atoms with Crippen molar-refractivity contribution in [1.82, 2.24) is 25.1 Å². The zero-order valence-electron chi connectivity index (χ0n) is 20.6. The second-order valence-corrected chi connectivity index (χ2v) is 10.8. The minimum atomic E-state index is -0.725. The zero-order valence-corrected chi connectivity index (χ0v) is 23.0. The number of anilines is 1. The number of likely N-dealkylation sites (N-methyl/N-ethyl adjacent to an activating group) is 1. The summed E-state index contributed by atoms with van der Waals surface area (Å²) in [6.45, 7) is 3.24. The third-order valence-corrected chi connectivity index (χ3v) is 8.26. The van der Waals surface area contributed by atoms with Crippen molar-refractivity contribution in [2.75, 3.05) is 32.1 Å². The van der Waals surface area contributed by atoms with Crippen molar-refractivity contribution in [3.63, 3.8) is 0 Å². The van der Waals surface area contributed by atoms with Crippen molar-refractivity contribution in [2.24, 2.45) is 5.92 Å². The highest BCUT2D eigenvalue weighted by Crippen LogP contribution is 2.34. The van der Waals surface area contributed by atoms with Crippen molar-refractivity contribution in [2.45, 2.75) is 50.7 Å². The Balaban J connectivity index is 1.51. The molecule has 3 heterocycles. The number of likely N-dealkylation sites (tertiary alicyclic amines) is 1. The van der Waals surface area contributed by atoms with Crippen LogP contribution < -0.4 is 16.0 Å². The number of amides is 3. The van der Waals surface area contributed by atoms with Gasteiger partial charge in [-0.3, -0.25) is 14.4 Å². The number of ether oxygens (including phenoxy) is 1. The second-order valence-electron chi connectivity index (χ2n) is 9.20. The van der Waals surface area contributed by atoms with Crippen LogP contribution in [0, 0.1) is 5.92 Å². The van der Waals surface area contributed by atoms with E-state index in [4.69, 9.17) is 27.9 Å². The minimum Gasteiger partial charge on any atom is -0.381 e. The van der Waals surface area contributed by atoms with E-state index in [-0.39, 0.29) is 23.6 Å². The summed E-state index contributed by atoms with van der Waals surface area (Å²) in [5, 5.41) is 14.1. The molecule has 13 heteroatoms. The largest absolute Gasteiger partial charge is 0.381 e. The Bertz CT molecular complexity index is 1140. The van der Waals surface area contributed by atoms with E-state index in [0.29, 0.717) is 71.7 Å². The lowest BCUT2D eigenvalue weighted by molar-refractivity contribution is -0.142. The Morgan fingerprint density at radius 3 is 2.62 bits per heavy atom. The molecule has 1 aromatic heterocycles. The minimum absolute atomic E-state index is 0.0643. The number of hydrogen-bond acceptors (Lipinski definition) is 8. The maximum atomic E-state index is 13.8. The first-order valence-electron chi connectivity index (χ1n) is 12.2. The van der Waals surface area contributed by atoms with Gasteiger partial charge in [0, 0.05) is 36.9 Å². The van der Waals surface area contributed by atoms with Crippen LogP contribution in [0.25, 0.3) is 11.3 Å². The number of nitrogens with one attached hydrogen (secondary N) is 3. The lowest BCUT2D eigenvalue weighted by Crippen LogP contribution is -2.58. The molecule has 3 amide bonds. The first-order valence-corrected chi connectivity index (χ1v) is 13.8. The molecule has 0 unspecified atom stereocenters. The molecule has 0 bridgehead atoms. The maximum Gasteiger partial charge on any atom is 0.247 e. The van der Waals surface area contributed by atoms with Gasteiger partial charge in [-0.05, 0) is 57.7 Å². The number of benzene rings is 1. The summed E-state index contributed by atoms with van der Waals surface area (Å²) in [6, 6.07) is 3.22. The van der Waals surface area contributed by atoms with E-state index < -0.39 is 18.1 Å². The highest BCUT2D eigenvalue weighted by atomic mass is 35.5. The number of carbonyl (C=O) groups is 3. The van der Waals surface area contributed by atoms with Gasteiger partial charge in [-0.25, -0.2) is 0 Å². The molecule has 200 valence electrons. The molecular formula is C24H30Cl2N6O4S. The molecule has 3 N–H and O–H groups in total. The van der Waals surface area contributed by atoms with E-state index in [2.05, 4.69) is 25.5 Å². The summed E-state index contributed by atoms with van der Waals surface area (Å²) >= 11 is 13.2. The van der Waals surface area contributed by atoms with Gasteiger partial charge in [0.15, 0.2) is 0 Å². The number of carbonyl (C=O) groups excluding carboxylic acids is 3. The van der Waals surface area contributed by atoms with Gasteiger partial charge < -0.3 is 25.6 Å². The molecule has 0 radical (unpaired) electrons. The van der Waals surface area contributed by atoms with Crippen LogP contribution in [0.1, 0.15) is 32.6 Å². The summed E-state index contributed by atoms with van der Waals surface area (Å²) in [5.41, 5.74) is 1.14. The molecule has 1 aromatic carbocycles. The first-order chi connectivity index (χ1) is 17.8. The highest BCUT2D eigenvalue weighted by Gasteiger charge is 2.41. The Labute approximate surface area is 229 Å². The van der Waals surface area contributed by atoms with Crippen molar-refractivity contribution >= 4 is 57.5 Å². The fourth-order valence-corrected chi connectivity index (χ4v) is 5.52. The average Bonchev–Trinajstić information content (AvgIpc) is 3.58. The summed E-state index contributed by atoms with van der Waals surface area (Å²) in [5.74, 6) is -0.882. The molecule has 0 saturated carbocycles. The second kappa shape index (κ2) is 12.5. The fraction of sp³-hybridized carbons (Fsp3) is 0.542. The van der Waals surface area contributed by atoms with Crippen molar-refractivity contribution in [3.05, 3.63) is 28.2 Å². The topological polar surface area (TPSA) is 126 Å². The van der Waals surface area contributed by atoms with Crippen LogP contribution in [0.3, 0.4) is 0 Å². The van der Waals surface area contributed by atoms with Gasteiger partial charge in [-0.2, -0.15) is 0 Å². The van der Waals surface area contributed by atoms with Gasteiger partial charge in [-0.15, -0.1) is 5.10 Å². The van der Waals surface area contributed by atoms with Gasteiger partial charge >= 0.3 is 0 Å². The van der Waals surface area contributed by atoms with Crippen LogP contribution in [0.15, 0.2) is 18.2 Å². The van der Waals surface area contributed by atoms with Gasteiger partial charge in [0.25, 0.3) is 0 Å². The lowest BCUT2D eigenvalue weighted by atomic mass is 9.90. The van der Waals surface area contributed by atoms with Crippen molar-refractivity contribution < 1.29 is 19.1 Å². The quantitative estimate of drug-likeness (QED) is 0.447. The van der Waals surface area contributed by atoms with Crippen LogP contribution in [-0.4, -0.2) is 77.1 Å². The van der Waals surface area contributed by atoms with Crippen molar-refractivity contribution in [3.8, 4) is 11.3 Å². The molecule has 3 atom stereocenters. The smallest absolute Gasteiger partial charge is 0.247 e. The predicted molar refractivity (Wildman–Crippen MR) is 143 cm³/mol. The number of nitrogens with zero attached hydrogens (tertiary/aromatic N) is 3. The van der Waals surface area contributed by atoms with Crippen LogP contribution in [-0.2, 0) is 19.1 Å². The molecule has 10 nitrogen and oxygen atoms in total. The van der Waals surface area contributed by atoms with E-state index >= 15 is 0 Å². The molecule has 37 heavy (non-hydrogen) atoms. The third kappa shape index (κ3) is 6.40. The molecule has 2 aliphatic rings. The molecule has 4 rings (SSSR count). The highest BCUT2D eigenvalue weighted by molar-refractivity contribution is 7.10. The average molecular weight is 570 g/mol. The van der Waals surface area contributed by atoms with Gasteiger partial charge in [-0.1, -0.05) is 33.8 Å². The van der Waals surface area contributed by atoms with Crippen LogP contribution in [0.4, 0.5) is 5.00 Å². The van der Waals surface area contributed by atoms with Gasteiger partial charge in [0.05, 0.1) is 16.1 Å². The zero-order chi connectivity index (χ0) is 26.5. The maximum absolute atomic E-state index is 13.8. The summed E-state index contributed by atoms with van der Waals surface area (Å²) in [6.07, 6.45) is 2.53. The standard InChI is InChI=1S/C24H30Cl2N6O4S/c1-13(27-2)21(33)28-20(14-7-10-36-11-8-14)24(35)32-9-3-4-18(32)22(34)29-23-19(30-31-37-23)15-5-6-16(25)17(26)12-15/h5-6,12-14,18,20,27H,3-4,7-11H2,1-2H3,(H,28,33)(H,29,34)/t13-,18-,20-/m0/s1. The van der Waals surface area contributed by atoms with E-state index in [1.807, 2.05) is 0 Å². The Morgan fingerprint density at radius 2 is 1.92 bits per heavy atom. The fourth-order valence-electron chi connectivity index (χ4n) is 4.62. The van der Waals surface area contributed by atoms with Gasteiger partial charge in [0.1, 0.15) is 22.8 Å². The molecule has 2 saturated heterocycles. The SMILES string of the molecule is CN[C@@H](C)C(=O)N[C@H](C(=O)N1CCC[C@H]1C(=O)Nc1snnc1-c1ccc(Cl)c(Cl)c1)C1CCOCC1. The molecule has 2 aliphatic heterocycles. The van der Waals surface area contributed by atoms with Crippen LogP contribution in [0.5, 0.6) is 0 Å². The first kappa shape index (κ1) is 27.7. The molecular weight excluding hydrogens is 539 g/mol. The Kier molecular flexibility index (Phi) is 9.36. The van der Waals surface area contributed by atoms with E-state index in [0.717, 1.165) is 11.5 Å².